The molecule has 12 heteroatoms. The van der Waals surface area contributed by atoms with Crippen LogP contribution in [0.25, 0.3) is 0 Å². The van der Waals surface area contributed by atoms with Gasteiger partial charge in [-0.1, -0.05) is 0 Å². The number of fused-ring (bicyclic) bond motifs is 3. The lowest BCUT2D eigenvalue weighted by Crippen LogP contribution is -2.45. The van der Waals surface area contributed by atoms with Crippen LogP contribution in [0.15, 0.2) is 18.2 Å². The molecule has 0 unspecified atom stereocenters. The molecule has 1 aromatic heterocycles. The van der Waals surface area contributed by atoms with E-state index < -0.39 is 25.0 Å². The minimum Gasteiger partial charge on any atom is -0.317 e. The van der Waals surface area contributed by atoms with Gasteiger partial charge in [-0.05, 0) is 37.6 Å². The van der Waals surface area contributed by atoms with Crippen molar-refractivity contribution in [3.63, 3.8) is 0 Å². The van der Waals surface area contributed by atoms with Crippen LogP contribution in [-0.4, -0.2) is 70.4 Å². The first kappa shape index (κ1) is 24.0. The Bertz CT molecular complexity index is 1090. The summed E-state index contributed by atoms with van der Waals surface area (Å²) in [6, 6.07) is 3.77. The van der Waals surface area contributed by atoms with Gasteiger partial charge in [0.05, 0.1) is 25.3 Å². The lowest BCUT2D eigenvalue weighted by atomic mass is 9.99. The third-order valence-corrected chi connectivity index (χ3v) is 6.00. The highest BCUT2D eigenvalue weighted by atomic mass is 19.3. The number of hydrogen-bond acceptors (Lipinski definition) is 5. The number of carbonyl (C=O) groups excluding carboxylic acids is 2. The summed E-state index contributed by atoms with van der Waals surface area (Å²) in [5.74, 6) is -0.779. The highest BCUT2D eigenvalue weighted by molar-refractivity contribution is 5.94. The number of carbonyl (C=O) groups is 2. The molecule has 0 radical (unpaired) electrons. The molecule has 1 aromatic carbocycles. The van der Waals surface area contributed by atoms with E-state index in [2.05, 4.69) is 15.7 Å². The van der Waals surface area contributed by atoms with Crippen LogP contribution in [0, 0.1) is 12.7 Å². The average Bonchev–Trinajstić information content (AvgIpc) is 3.05. The molecule has 2 atom stereocenters. The molecule has 2 N–H and O–H groups in total. The van der Waals surface area contributed by atoms with Gasteiger partial charge in [0, 0.05) is 37.3 Å². The van der Waals surface area contributed by atoms with E-state index in [4.69, 9.17) is 4.84 Å². The van der Waals surface area contributed by atoms with E-state index in [-0.39, 0.29) is 37.5 Å². The highest BCUT2D eigenvalue weighted by Gasteiger charge is 2.37. The first-order valence-electron chi connectivity index (χ1n) is 11.0. The van der Waals surface area contributed by atoms with Crippen LogP contribution in [0.1, 0.15) is 34.2 Å². The molecule has 0 spiro atoms. The van der Waals surface area contributed by atoms with Crippen molar-refractivity contribution in [3.8, 4) is 0 Å². The van der Waals surface area contributed by atoms with E-state index in [1.54, 1.807) is 22.6 Å². The van der Waals surface area contributed by atoms with Gasteiger partial charge in [-0.15, -0.1) is 0 Å². The molecule has 0 fully saturated rings. The second kappa shape index (κ2) is 9.63. The van der Waals surface area contributed by atoms with E-state index in [0.717, 1.165) is 5.06 Å². The molecule has 34 heavy (non-hydrogen) atoms. The Balaban J connectivity index is 1.54. The quantitative estimate of drug-likeness (QED) is 0.687. The maximum Gasteiger partial charge on any atom is 0.322 e. The van der Waals surface area contributed by atoms with Crippen molar-refractivity contribution in [2.45, 2.75) is 51.9 Å². The Kier molecular flexibility index (Phi) is 6.80. The van der Waals surface area contributed by atoms with Crippen molar-refractivity contribution >= 4 is 17.6 Å². The van der Waals surface area contributed by atoms with Crippen molar-refractivity contribution in [3.05, 3.63) is 46.5 Å². The number of alkyl halides is 2. The van der Waals surface area contributed by atoms with E-state index in [0.29, 0.717) is 34.6 Å². The number of aromatic nitrogens is 2. The SMILES string of the molecule is Cc1cc(NC(=O)N2Cc3c(nn4c3C(=O)N(C)O[C@@H](CNCC(F)F)C4)C[C@H]2C)ccc1F. The number of benzene rings is 1. The molecule has 0 bridgehead atoms. The fourth-order valence-electron chi connectivity index (χ4n) is 4.26. The number of amides is 3. The number of rotatable bonds is 5. The van der Waals surface area contributed by atoms with E-state index in [1.807, 2.05) is 6.92 Å². The largest absolute Gasteiger partial charge is 0.322 e. The van der Waals surface area contributed by atoms with Crippen molar-refractivity contribution in [1.82, 2.24) is 25.1 Å². The summed E-state index contributed by atoms with van der Waals surface area (Å²) >= 11 is 0. The van der Waals surface area contributed by atoms with Crippen LogP contribution in [-0.2, 0) is 24.3 Å². The van der Waals surface area contributed by atoms with E-state index in [1.165, 1.54) is 19.2 Å². The molecule has 184 valence electrons. The molecule has 4 rings (SSSR count). The summed E-state index contributed by atoms with van der Waals surface area (Å²) in [5.41, 5.74) is 2.55. The van der Waals surface area contributed by atoms with E-state index >= 15 is 0 Å². The Morgan fingerprint density at radius 3 is 2.82 bits per heavy atom. The molecule has 2 aromatic rings. The summed E-state index contributed by atoms with van der Waals surface area (Å²) in [7, 11) is 1.46. The van der Waals surface area contributed by atoms with Crippen molar-refractivity contribution in [2.75, 3.05) is 25.5 Å². The van der Waals surface area contributed by atoms with Crippen LogP contribution < -0.4 is 10.6 Å². The van der Waals surface area contributed by atoms with Gasteiger partial charge < -0.3 is 15.5 Å². The Morgan fingerprint density at radius 2 is 2.12 bits per heavy atom. The van der Waals surface area contributed by atoms with Gasteiger partial charge in [-0.3, -0.25) is 14.3 Å². The predicted molar refractivity (Wildman–Crippen MR) is 117 cm³/mol. The van der Waals surface area contributed by atoms with Gasteiger partial charge >= 0.3 is 6.03 Å². The topological polar surface area (TPSA) is 91.7 Å². The number of aryl methyl sites for hydroxylation is 1. The number of anilines is 1. The third-order valence-electron chi connectivity index (χ3n) is 6.00. The molecule has 0 saturated carbocycles. The minimum absolute atomic E-state index is 0.119. The summed E-state index contributed by atoms with van der Waals surface area (Å²) in [5, 5.41) is 11.1. The zero-order chi connectivity index (χ0) is 24.6. The first-order valence-corrected chi connectivity index (χ1v) is 11.0. The predicted octanol–water partition coefficient (Wildman–Crippen LogP) is 2.55. The number of hydroxylamine groups is 2. The molecule has 0 aliphatic carbocycles. The van der Waals surface area contributed by atoms with Crippen LogP contribution in [0.4, 0.5) is 23.7 Å². The average molecular weight is 480 g/mol. The lowest BCUT2D eigenvalue weighted by molar-refractivity contribution is -0.146. The summed E-state index contributed by atoms with van der Waals surface area (Å²) < 4.78 is 40.1. The van der Waals surface area contributed by atoms with Gasteiger partial charge in [0.2, 0.25) is 0 Å². The Labute approximate surface area is 194 Å². The van der Waals surface area contributed by atoms with Crippen molar-refractivity contribution in [2.24, 2.45) is 0 Å². The molecule has 0 saturated heterocycles. The van der Waals surface area contributed by atoms with Crippen LogP contribution >= 0.6 is 0 Å². The fraction of sp³-hybridized carbons (Fsp3) is 0.500. The number of urea groups is 1. The molecular formula is C22H27F3N6O3. The van der Waals surface area contributed by atoms with Crippen LogP contribution in [0.3, 0.4) is 0 Å². The fourth-order valence-corrected chi connectivity index (χ4v) is 4.26. The minimum atomic E-state index is -2.49. The molecular weight excluding hydrogens is 453 g/mol. The van der Waals surface area contributed by atoms with E-state index in [9.17, 15) is 22.8 Å². The molecule has 9 nitrogen and oxygen atoms in total. The molecule has 2 aliphatic rings. The van der Waals surface area contributed by atoms with Gasteiger partial charge in [0.15, 0.2) is 0 Å². The van der Waals surface area contributed by atoms with Gasteiger partial charge in [0.25, 0.3) is 12.3 Å². The maximum atomic E-state index is 13.6. The Hall–Kier alpha value is -3.12. The normalized spacial score (nSPS) is 20.3. The highest BCUT2D eigenvalue weighted by Crippen LogP contribution is 2.29. The first-order chi connectivity index (χ1) is 16.1. The summed E-state index contributed by atoms with van der Waals surface area (Å²) in [6.07, 6.45) is -2.62. The smallest absolute Gasteiger partial charge is 0.317 e. The molecule has 3 heterocycles. The second-order valence-corrected chi connectivity index (χ2v) is 8.61. The zero-order valence-corrected chi connectivity index (χ0v) is 19.1. The number of nitrogens with zero attached hydrogens (tertiary/aromatic N) is 4. The van der Waals surface area contributed by atoms with Gasteiger partial charge in [-0.25, -0.2) is 23.0 Å². The number of halogens is 3. The number of nitrogens with one attached hydrogen (secondary N) is 2. The van der Waals surface area contributed by atoms with Gasteiger partial charge in [0.1, 0.15) is 17.6 Å². The van der Waals surface area contributed by atoms with Crippen molar-refractivity contribution < 1.29 is 27.6 Å². The summed E-state index contributed by atoms with van der Waals surface area (Å²) in [4.78, 5) is 33.3. The third kappa shape index (κ3) is 4.87. The molecule has 3 amide bonds. The second-order valence-electron chi connectivity index (χ2n) is 8.61. The van der Waals surface area contributed by atoms with Crippen LogP contribution in [0.2, 0.25) is 0 Å². The maximum absolute atomic E-state index is 13.6. The Morgan fingerprint density at radius 1 is 1.35 bits per heavy atom. The van der Waals surface area contributed by atoms with Crippen molar-refractivity contribution in [1.29, 1.82) is 0 Å². The van der Waals surface area contributed by atoms with Gasteiger partial charge in [-0.2, -0.15) is 5.10 Å². The lowest BCUT2D eigenvalue weighted by Gasteiger charge is -2.33. The molecule has 2 aliphatic heterocycles. The van der Waals surface area contributed by atoms with Crippen LogP contribution in [0.5, 0.6) is 0 Å². The summed E-state index contributed by atoms with van der Waals surface area (Å²) in [6.45, 7) is 3.50. The standard InChI is InChI=1S/C22H27F3N6O3/c1-12-6-14(4-5-17(12)23)27-22(33)30-11-16-18(7-13(30)2)28-31-10-15(8-26-9-19(24)25)34-29(3)21(32)20(16)31/h4-6,13,15,19,26H,7-11H2,1-3H3,(H,27,33)/t13-,15+/m1/s1. The monoisotopic (exact) mass is 480 g/mol. The zero-order valence-electron chi connectivity index (χ0n) is 19.1. The number of hydrogen-bond donors (Lipinski definition) is 2.